The third kappa shape index (κ3) is 6.07. The van der Waals surface area contributed by atoms with Crippen molar-refractivity contribution in [3.05, 3.63) is 95.8 Å². The number of nitrogens with one attached hydrogen (secondary N) is 2. The van der Waals surface area contributed by atoms with Gasteiger partial charge < -0.3 is 9.47 Å². The molecule has 6 nitrogen and oxygen atoms in total. The van der Waals surface area contributed by atoms with Crippen molar-refractivity contribution in [2.24, 2.45) is 0 Å². The molecule has 0 unspecified atom stereocenters. The Labute approximate surface area is 167 Å². The number of carbonyl (C=O) groups excluding carboxylic acids is 2. The molecule has 3 aromatic carbocycles. The molecule has 0 aromatic heterocycles. The molecule has 2 amide bonds. The zero-order valence-corrected chi connectivity index (χ0v) is 15.4. The molecule has 0 bridgehead atoms. The molecule has 0 aliphatic carbocycles. The van der Waals surface area contributed by atoms with Crippen molar-refractivity contribution in [2.75, 3.05) is 10.6 Å². The third-order valence-electron chi connectivity index (χ3n) is 3.92. The molecule has 0 radical (unpaired) electrons. The Hall–Kier alpha value is -3.87. The summed E-state index contributed by atoms with van der Waals surface area (Å²) in [6.07, 6.45) is -1.39. The summed E-state index contributed by atoms with van der Waals surface area (Å²) < 4.78 is 24.7. The molecule has 3 rings (SSSR count). The first kappa shape index (κ1) is 19.9. The van der Waals surface area contributed by atoms with Crippen LogP contribution in [0.4, 0.5) is 25.4 Å². The molecule has 0 aliphatic heterocycles. The summed E-state index contributed by atoms with van der Waals surface area (Å²) >= 11 is 0. The lowest BCUT2D eigenvalue weighted by Gasteiger charge is -2.11. The molecule has 0 spiro atoms. The Balaban J connectivity index is 1.52. The van der Waals surface area contributed by atoms with Crippen molar-refractivity contribution in [3.8, 4) is 0 Å². The predicted molar refractivity (Wildman–Crippen MR) is 107 cm³/mol. The van der Waals surface area contributed by atoms with Crippen LogP contribution in [0.15, 0.2) is 78.9 Å². The lowest BCUT2D eigenvalue weighted by Crippen LogP contribution is -2.15. The first-order valence-corrected chi connectivity index (χ1v) is 8.86. The van der Waals surface area contributed by atoms with Crippen LogP contribution in [0, 0.1) is 5.82 Å². The molecule has 0 heterocycles. The van der Waals surface area contributed by atoms with E-state index < -0.39 is 18.0 Å². The van der Waals surface area contributed by atoms with Crippen molar-refractivity contribution in [2.45, 2.75) is 13.2 Å². The quantitative estimate of drug-likeness (QED) is 0.593. The van der Waals surface area contributed by atoms with Crippen LogP contribution in [0.5, 0.6) is 0 Å². The van der Waals surface area contributed by atoms with E-state index in [0.717, 1.165) is 0 Å². The highest BCUT2D eigenvalue weighted by atomic mass is 19.1. The van der Waals surface area contributed by atoms with Gasteiger partial charge in [-0.05, 0) is 24.3 Å². The van der Waals surface area contributed by atoms with Gasteiger partial charge in [0.05, 0.1) is 0 Å². The second-order valence-corrected chi connectivity index (χ2v) is 6.02. The zero-order chi connectivity index (χ0) is 20.5. The van der Waals surface area contributed by atoms with Crippen LogP contribution in [0.1, 0.15) is 11.1 Å². The maximum absolute atomic E-state index is 14.6. The lowest BCUT2D eigenvalue weighted by atomic mass is 10.1. The van der Waals surface area contributed by atoms with Crippen LogP contribution in [-0.4, -0.2) is 12.2 Å². The van der Waals surface area contributed by atoms with Crippen molar-refractivity contribution in [3.63, 3.8) is 0 Å². The molecule has 0 saturated heterocycles. The van der Waals surface area contributed by atoms with Crippen molar-refractivity contribution in [1.29, 1.82) is 0 Å². The Morgan fingerprint density at radius 3 is 1.48 bits per heavy atom. The maximum Gasteiger partial charge on any atom is 0.411 e. The molecular weight excluding hydrogens is 375 g/mol. The van der Waals surface area contributed by atoms with E-state index in [2.05, 4.69) is 10.6 Å². The zero-order valence-electron chi connectivity index (χ0n) is 15.4. The normalized spacial score (nSPS) is 10.1. The highest BCUT2D eigenvalue weighted by molar-refractivity contribution is 5.85. The molecule has 148 valence electrons. The van der Waals surface area contributed by atoms with Gasteiger partial charge in [0.15, 0.2) is 0 Å². The summed E-state index contributed by atoms with van der Waals surface area (Å²) in [5.74, 6) is -0.590. The van der Waals surface area contributed by atoms with Crippen LogP contribution >= 0.6 is 0 Å². The summed E-state index contributed by atoms with van der Waals surface area (Å²) in [5, 5.41) is 5.10. The number of ether oxygens (including phenoxy) is 2. The number of benzene rings is 3. The Morgan fingerprint density at radius 1 is 0.655 bits per heavy atom. The maximum atomic E-state index is 14.6. The predicted octanol–water partition coefficient (Wildman–Crippen LogP) is 5.32. The number of halogens is 1. The van der Waals surface area contributed by atoms with Gasteiger partial charge in [-0.1, -0.05) is 54.6 Å². The van der Waals surface area contributed by atoms with Gasteiger partial charge in [0.2, 0.25) is 0 Å². The molecule has 0 aliphatic rings. The van der Waals surface area contributed by atoms with Crippen LogP contribution < -0.4 is 10.6 Å². The average molecular weight is 394 g/mol. The number of amides is 2. The number of rotatable bonds is 6. The number of hydrogen-bond donors (Lipinski definition) is 2. The number of para-hydroxylation sites is 2. The van der Waals surface area contributed by atoms with Gasteiger partial charge in [0.1, 0.15) is 19.0 Å². The first-order valence-electron chi connectivity index (χ1n) is 8.86. The van der Waals surface area contributed by atoms with Crippen LogP contribution in [0.25, 0.3) is 0 Å². The van der Waals surface area contributed by atoms with Gasteiger partial charge in [-0.2, -0.15) is 0 Å². The SMILES string of the molecule is O=C(Nc1ccccc1)OCc1cccc(COC(=O)Nc2ccccc2)c1F. The van der Waals surface area contributed by atoms with Gasteiger partial charge >= 0.3 is 12.2 Å². The van der Waals surface area contributed by atoms with Gasteiger partial charge in [0, 0.05) is 22.5 Å². The van der Waals surface area contributed by atoms with Crippen molar-refractivity contribution >= 4 is 23.6 Å². The summed E-state index contributed by atoms with van der Waals surface area (Å²) in [6, 6.07) is 22.2. The second kappa shape index (κ2) is 9.89. The van der Waals surface area contributed by atoms with E-state index in [1.165, 1.54) is 12.1 Å². The van der Waals surface area contributed by atoms with E-state index in [9.17, 15) is 14.0 Å². The summed E-state index contributed by atoms with van der Waals surface area (Å²) in [5.41, 5.74) is 1.50. The molecule has 2 N–H and O–H groups in total. The molecule has 29 heavy (non-hydrogen) atoms. The molecule has 7 heteroatoms. The molecular formula is C22H19FN2O4. The highest BCUT2D eigenvalue weighted by Crippen LogP contribution is 2.16. The Kier molecular flexibility index (Phi) is 6.78. The minimum absolute atomic E-state index is 0.178. The van der Waals surface area contributed by atoms with Gasteiger partial charge in [-0.25, -0.2) is 14.0 Å². The summed E-state index contributed by atoms with van der Waals surface area (Å²) in [6.45, 7) is -0.511. The average Bonchev–Trinajstić information content (AvgIpc) is 2.73. The first-order chi connectivity index (χ1) is 14.1. The number of hydrogen-bond acceptors (Lipinski definition) is 4. The van der Waals surface area contributed by atoms with Crippen LogP contribution in [-0.2, 0) is 22.7 Å². The van der Waals surface area contributed by atoms with Gasteiger partial charge in [-0.15, -0.1) is 0 Å². The van der Waals surface area contributed by atoms with E-state index in [-0.39, 0.29) is 24.3 Å². The Morgan fingerprint density at radius 2 is 1.07 bits per heavy atom. The largest absolute Gasteiger partial charge is 0.444 e. The smallest absolute Gasteiger partial charge is 0.411 e. The van der Waals surface area contributed by atoms with Gasteiger partial charge in [-0.3, -0.25) is 10.6 Å². The number of anilines is 2. The highest BCUT2D eigenvalue weighted by Gasteiger charge is 2.12. The number of carbonyl (C=O) groups is 2. The summed E-state index contributed by atoms with van der Waals surface area (Å²) in [7, 11) is 0. The van der Waals surface area contributed by atoms with E-state index in [4.69, 9.17) is 9.47 Å². The van der Waals surface area contributed by atoms with E-state index in [0.29, 0.717) is 11.4 Å². The monoisotopic (exact) mass is 394 g/mol. The molecule has 0 fully saturated rings. The molecule has 0 saturated carbocycles. The van der Waals surface area contributed by atoms with Crippen molar-refractivity contribution < 1.29 is 23.5 Å². The Bertz CT molecular complexity index is 889. The van der Waals surface area contributed by atoms with Crippen LogP contribution in [0.3, 0.4) is 0 Å². The lowest BCUT2D eigenvalue weighted by molar-refractivity contribution is 0.151. The minimum atomic E-state index is -0.695. The second-order valence-electron chi connectivity index (χ2n) is 6.02. The van der Waals surface area contributed by atoms with Crippen LogP contribution in [0.2, 0.25) is 0 Å². The fourth-order valence-electron chi connectivity index (χ4n) is 2.49. The van der Waals surface area contributed by atoms with Crippen molar-refractivity contribution in [1.82, 2.24) is 0 Å². The van der Waals surface area contributed by atoms with E-state index in [1.54, 1.807) is 54.6 Å². The van der Waals surface area contributed by atoms with E-state index in [1.807, 2.05) is 12.1 Å². The fourth-order valence-corrected chi connectivity index (χ4v) is 2.49. The topological polar surface area (TPSA) is 76.7 Å². The van der Waals surface area contributed by atoms with E-state index >= 15 is 0 Å². The van der Waals surface area contributed by atoms with Gasteiger partial charge in [0.25, 0.3) is 0 Å². The molecule has 3 aromatic rings. The third-order valence-corrected chi connectivity index (χ3v) is 3.92. The fraction of sp³-hybridized carbons (Fsp3) is 0.0909. The molecule has 0 atom stereocenters. The standard InChI is InChI=1S/C22H19FN2O4/c23-20-16(14-28-21(26)24-18-10-3-1-4-11-18)8-7-9-17(20)15-29-22(27)25-19-12-5-2-6-13-19/h1-13H,14-15H2,(H,24,26)(H,25,27). The minimum Gasteiger partial charge on any atom is -0.444 e. The summed E-state index contributed by atoms with van der Waals surface area (Å²) in [4.78, 5) is 23.7.